The van der Waals surface area contributed by atoms with Crippen LogP contribution in [0.15, 0.2) is 63.1 Å². The van der Waals surface area contributed by atoms with Crippen LogP contribution in [0.25, 0.3) is 0 Å². The van der Waals surface area contributed by atoms with E-state index in [2.05, 4.69) is 10.2 Å². The van der Waals surface area contributed by atoms with Crippen molar-refractivity contribution in [3.8, 4) is 0 Å². The third-order valence-corrected chi connectivity index (χ3v) is 8.84. The van der Waals surface area contributed by atoms with Crippen LogP contribution in [0.2, 0.25) is 0 Å². The van der Waals surface area contributed by atoms with Crippen LogP contribution in [-0.4, -0.2) is 54.2 Å². The fraction of sp³-hybridized carbons (Fsp3) is 0.375. The summed E-state index contributed by atoms with van der Waals surface area (Å²) in [5, 5.41) is 8.50. The topological polar surface area (TPSA) is 96.6 Å². The van der Waals surface area contributed by atoms with Crippen molar-refractivity contribution in [3.05, 3.63) is 65.5 Å². The van der Waals surface area contributed by atoms with Gasteiger partial charge in [-0.15, -0.1) is 10.2 Å². The maximum Gasteiger partial charge on any atom is 0.277 e. The number of thioether (sulfide) groups is 1. The zero-order valence-electron chi connectivity index (χ0n) is 18.7. The fourth-order valence-corrected chi connectivity index (χ4v) is 6.64. The highest BCUT2D eigenvalue weighted by atomic mass is 32.2. The molecule has 0 N–H and O–H groups in total. The van der Waals surface area contributed by atoms with E-state index in [-0.39, 0.29) is 11.7 Å². The van der Waals surface area contributed by atoms with E-state index < -0.39 is 10.0 Å². The third-order valence-electron chi connectivity index (χ3n) is 6.14. The first kappa shape index (κ1) is 23.1. The van der Waals surface area contributed by atoms with E-state index in [1.807, 2.05) is 30.3 Å². The van der Waals surface area contributed by atoms with Gasteiger partial charge in [0.05, 0.1) is 17.1 Å². The molecule has 1 fully saturated rings. The smallest absolute Gasteiger partial charge is 0.277 e. The van der Waals surface area contributed by atoms with E-state index >= 15 is 0 Å². The molecule has 1 aromatic heterocycles. The molecular formula is C24H26N4O4S2. The monoisotopic (exact) mass is 498 g/mol. The molecule has 10 heteroatoms. The number of carbonyl (C=O) groups is 1. The van der Waals surface area contributed by atoms with Crippen LogP contribution in [0.5, 0.6) is 0 Å². The van der Waals surface area contributed by atoms with Gasteiger partial charge in [0.25, 0.3) is 5.22 Å². The lowest BCUT2D eigenvalue weighted by molar-refractivity contribution is -0.116. The summed E-state index contributed by atoms with van der Waals surface area (Å²) in [6.07, 6.45) is 3.89. The molecule has 34 heavy (non-hydrogen) atoms. The van der Waals surface area contributed by atoms with Gasteiger partial charge in [0, 0.05) is 25.3 Å². The van der Waals surface area contributed by atoms with Crippen molar-refractivity contribution in [1.82, 2.24) is 14.5 Å². The molecule has 1 saturated heterocycles. The summed E-state index contributed by atoms with van der Waals surface area (Å²) in [5.41, 5.74) is 2.76. The number of anilines is 1. The molecule has 178 valence electrons. The van der Waals surface area contributed by atoms with Gasteiger partial charge in [-0.2, -0.15) is 4.31 Å². The molecule has 0 aliphatic carbocycles. The summed E-state index contributed by atoms with van der Waals surface area (Å²) >= 11 is 1.22. The lowest BCUT2D eigenvalue weighted by Gasteiger charge is -2.30. The van der Waals surface area contributed by atoms with Gasteiger partial charge in [-0.05, 0) is 55.0 Å². The summed E-state index contributed by atoms with van der Waals surface area (Å²) in [6, 6.07) is 15.0. The first-order chi connectivity index (χ1) is 16.5. The highest BCUT2D eigenvalue weighted by Gasteiger charge is 2.30. The second-order valence-corrected chi connectivity index (χ2v) is 11.3. The molecule has 3 aromatic rings. The van der Waals surface area contributed by atoms with Gasteiger partial charge < -0.3 is 9.32 Å². The molecule has 0 radical (unpaired) electrons. The number of carbonyl (C=O) groups excluding carboxylic acids is 1. The van der Waals surface area contributed by atoms with Crippen LogP contribution in [0, 0.1) is 0 Å². The number of hydrogen-bond donors (Lipinski definition) is 0. The van der Waals surface area contributed by atoms with Crippen LogP contribution in [0.4, 0.5) is 5.69 Å². The summed E-state index contributed by atoms with van der Waals surface area (Å²) in [7, 11) is -3.48. The van der Waals surface area contributed by atoms with E-state index in [4.69, 9.17) is 4.42 Å². The Labute approximate surface area is 203 Å². The van der Waals surface area contributed by atoms with Crippen LogP contribution in [0.1, 0.15) is 36.3 Å². The van der Waals surface area contributed by atoms with Gasteiger partial charge in [-0.1, -0.05) is 42.1 Å². The zero-order valence-corrected chi connectivity index (χ0v) is 20.4. The normalized spacial score (nSPS) is 16.5. The van der Waals surface area contributed by atoms with Crippen LogP contribution < -0.4 is 4.90 Å². The van der Waals surface area contributed by atoms with Crippen LogP contribution >= 0.6 is 11.8 Å². The Hall–Kier alpha value is -2.69. The summed E-state index contributed by atoms with van der Waals surface area (Å²) < 4.78 is 33.1. The maximum atomic E-state index is 13.0. The average Bonchev–Trinajstić information content (AvgIpc) is 3.55. The van der Waals surface area contributed by atoms with Crippen molar-refractivity contribution in [2.24, 2.45) is 0 Å². The number of hydrogen-bond acceptors (Lipinski definition) is 7. The largest absolute Gasteiger partial charge is 0.416 e. The quantitative estimate of drug-likeness (QED) is 0.460. The van der Waals surface area contributed by atoms with E-state index in [1.165, 1.54) is 11.8 Å². The molecule has 0 unspecified atom stereocenters. The fourth-order valence-electron chi connectivity index (χ4n) is 4.41. The highest BCUT2D eigenvalue weighted by molar-refractivity contribution is 7.99. The van der Waals surface area contributed by atoms with Gasteiger partial charge in [0.15, 0.2) is 0 Å². The SMILES string of the molecule is O=C(CSc1nnc(Cc2ccccc2)o1)N1CCCc2cc(S(=O)(=O)N3CCCC3)ccc21. The molecule has 5 rings (SSSR count). The predicted octanol–water partition coefficient (Wildman–Crippen LogP) is 3.52. The number of benzene rings is 2. The molecule has 2 aliphatic rings. The number of aryl methyl sites for hydroxylation is 1. The number of rotatable bonds is 7. The first-order valence-corrected chi connectivity index (χ1v) is 13.9. The van der Waals surface area contributed by atoms with Crippen molar-refractivity contribution in [2.75, 3.05) is 30.3 Å². The Kier molecular flexibility index (Phi) is 6.71. The zero-order chi connectivity index (χ0) is 23.5. The van der Waals surface area contributed by atoms with Gasteiger partial charge in [0.1, 0.15) is 0 Å². The van der Waals surface area contributed by atoms with Crippen molar-refractivity contribution >= 4 is 33.4 Å². The molecular weight excluding hydrogens is 472 g/mol. The number of aromatic nitrogens is 2. The second kappa shape index (κ2) is 9.89. The summed E-state index contributed by atoms with van der Waals surface area (Å²) in [4.78, 5) is 15.1. The Morgan fingerprint density at radius 3 is 2.59 bits per heavy atom. The Balaban J connectivity index is 1.24. The maximum absolute atomic E-state index is 13.0. The lowest BCUT2D eigenvalue weighted by atomic mass is 10.0. The number of nitrogens with zero attached hydrogens (tertiary/aromatic N) is 4. The van der Waals surface area contributed by atoms with E-state index in [0.717, 1.165) is 42.5 Å². The minimum absolute atomic E-state index is 0.0658. The molecule has 3 heterocycles. The van der Waals surface area contributed by atoms with E-state index in [9.17, 15) is 13.2 Å². The molecule has 0 atom stereocenters. The second-order valence-electron chi connectivity index (χ2n) is 8.46. The third kappa shape index (κ3) is 4.89. The first-order valence-electron chi connectivity index (χ1n) is 11.4. The Morgan fingerprint density at radius 1 is 1.00 bits per heavy atom. The van der Waals surface area contributed by atoms with Crippen molar-refractivity contribution in [3.63, 3.8) is 0 Å². The summed E-state index contributed by atoms with van der Waals surface area (Å²) in [5.74, 6) is 0.611. The van der Waals surface area contributed by atoms with Gasteiger partial charge >= 0.3 is 0 Å². The van der Waals surface area contributed by atoms with E-state index in [1.54, 1.807) is 27.4 Å². The number of sulfonamides is 1. The van der Waals surface area contributed by atoms with Crippen molar-refractivity contribution in [1.29, 1.82) is 0 Å². The minimum Gasteiger partial charge on any atom is -0.416 e. The Morgan fingerprint density at radius 2 is 1.79 bits per heavy atom. The van der Waals surface area contributed by atoms with Crippen molar-refractivity contribution < 1.29 is 17.6 Å². The molecule has 2 aromatic carbocycles. The minimum atomic E-state index is -3.48. The van der Waals surface area contributed by atoms with Crippen LogP contribution in [0.3, 0.4) is 0 Å². The van der Waals surface area contributed by atoms with Gasteiger partial charge in [-0.3, -0.25) is 4.79 Å². The van der Waals surface area contributed by atoms with Gasteiger partial charge in [0.2, 0.25) is 21.8 Å². The molecule has 0 saturated carbocycles. The van der Waals surface area contributed by atoms with Crippen molar-refractivity contribution in [2.45, 2.75) is 42.2 Å². The molecule has 2 aliphatic heterocycles. The summed E-state index contributed by atoms with van der Waals surface area (Å²) in [6.45, 7) is 1.75. The van der Waals surface area contributed by atoms with Crippen LogP contribution in [-0.2, 0) is 27.7 Å². The van der Waals surface area contributed by atoms with E-state index in [0.29, 0.717) is 42.1 Å². The van der Waals surface area contributed by atoms with Gasteiger partial charge in [-0.25, -0.2) is 8.42 Å². The Bertz CT molecular complexity index is 1270. The molecule has 8 nitrogen and oxygen atoms in total. The number of fused-ring (bicyclic) bond motifs is 1. The standard InChI is InChI=1S/C24H26N4O4S2/c29-23(17-33-24-26-25-22(32-24)15-18-7-2-1-3-8-18)28-14-6-9-19-16-20(10-11-21(19)28)34(30,31)27-12-4-5-13-27/h1-3,7-8,10-11,16H,4-6,9,12-15,17H2. The number of amides is 1. The predicted molar refractivity (Wildman–Crippen MR) is 129 cm³/mol. The molecule has 0 spiro atoms. The lowest BCUT2D eigenvalue weighted by Crippen LogP contribution is -2.37. The molecule has 1 amide bonds. The average molecular weight is 499 g/mol. The highest BCUT2D eigenvalue weighted by Crippen LogP contribution is 2.32. The molecule has 0 bridgehead atoms.